The van der Waals surface area contributed by atoms with E-state index in [0.717, 1.165) is 31.9 Å². The van der Waals surface area contributed by atoms with Crippen molar-refractivity contribution in [2.75, 3.05) is 45.2 Å². The zero-order chi connectivity index (χ0) is 20.4. The molecule has 1 heterocycles. The first-order valence-electron chi connectivity index (χ1n) is 9.66. The molecule has 8 heteroatoms. The van der Waals surface area contributed by atoms with E-state index in [4.69, 9.17) is 9.47 Å². The van der Waals surface area contributed by atoms with Gasteiger partial charge in [-0.1, -0.05) is 6.07 Å². The average Bonchev–Trinajstić information content (AvgIpc) is 2.68. The number of nitrogens with one attached hydrogen (secondary N) is 2. The number of hydrogen-bond donors (Lipinski definition) is 2. The van der Waals surface area contributed by atoms with Crippen LogP contribution in [0.2, 0.25) is 0 Å². The smallest absolute Gasteiger partial charge is 0.309 e. The number of benzene rings is 1. The number of aliphatic imine (C=N–C) groups is 1. The summed E-state index contributed by atoms with van der Waals surface area (Å²) in [6, 6.07) is 7.28. The second kappa shape index (κ2) is 11.2. The summed E-state index contributed by atoms with van der Waals surface area (Å²) in [5, 5.41) is 6.02. The van der Waals surface area contributed by atoms with Crippen molar-refractivity contribution >= 4 is 23.5 Å². The van der Waals surface area contributed by atoms with Crippen LogP contribution in [-0.2, 0) is 14.3 Å². The van der Waals surface area contributed by atoms with Crippen LogP contribution in [-0.4, -0.2) is 62.6 Å². The van der Waals surface area contributed by atoms with Crippen molar-refractivity contribution in [3.8, 4) is 5.75 Å². The van der Waals surface area contributed by atoms with Crippen LogP contribution in [0, 0.1) is 5.92 Å². The zero-order valence-corrected chi connectivity index (χ0v) is 16.9. The molecule has 2 N–H and O–H groups in total. The Labute approximate surface area is 166 Å². The summed E-state index contributed by atoms with van der Waals surface area (Å²) < 4.78 is 10.8. The molecule has 1 saturated heterocycles. The number of likely N-dealkylation sites (tertiary alicyclic amines) is 1. The summed E-state index contributed by atoms with van der Waals surface area (Å²) in [7, 11) is 1.75. The lowest BCUT2D eigenvalue weighted by atomic mass is 9.97. The first kappa shape index (κ1) is 21.5. The summed E-state index contributed by atoms with van der Waals surface area (Å²) in [6.07, 6.45) is 1.54. The van der Waals surface area contributed by atoms with E-state index in [1.807, 2.05) is 25.1 Å². The molecule has 0 aromatic heterocycles. The Hall–Kier alpha value is -2.77. The lowest BCUT2D eigenvalue weighted by molar-refractivity contribution is -0.149. The minimum absolute atomic E-state index is 0.0199. The highest BCUT2D eigenvalue weighted by Gasteiger charge is 2.27. The summed E-state index contributed by atoms with van der Waals surface area (Å²) in [6.45, 7) is 6.31. The third kappa shape index (κ3) is 6.75. The highest BCUT2D eigenvalue weighted by molar-refractivity contribution is 5.88. The number of carbonyl (C=O) groups excluding carboxylic acids is 2. The molecule has 1 aromatic carbocycles. The Morgan fingerprint density at radius 1 is 1.29 bits per heavy atom. The highest BCUT2D eigenvalue weighted by Crippen LogP contribution is 2.19. The van der Waals surface area contributed by atoms with E-state index in [9.17, 15) is 9.59 Å². The molecule has 28 heavy (non-hydrogen) atoms. The van der Waals surface area contributed by atoms with E-state index in [2.05, 4.69) is 20.5 Å². The number of nitrogens with zero attached hydrogens (tertiary/aromatic N) is 2. The molecule has 154 valence electrons. The molecule has 2 rings (SSSR count). The predicted octanol–water partition coefficient (Wildman–Crippen LogP) is 1.87. The average molecular weight is 390 g/mol. The normalized spacial score (nSPS) is 15.1. The fraction of sp³-hybridized carbons (Fsp3) is 0.550. The highest BCUT2D eigenvalue weighted by atomic mass is 16.5. The maximum absolute atomic E-state index is 11.8. The quantitative estimate of drug-likeness (QED) is 0.320. The SMILES string of the molecule is CCOC(=O)C1CCN(C(=NC)NCCOc2cccc(NC(C)=O)c2)CC1. The third-order valence-corrected chi connectivity index (χ3v) is 4.43. The molecule has 0 unspecified atom stereocenters. The molecule has 0 saturated carbocycles. The van der Waals surface area contributed by atoms with Crippen LogP contribution in [0.25, 0.3) is 0 Å². The van der Waals surface area contributed by atoms with Gasteiger partial charge in [0.05, 0.1) is 19.1 Å². The van der Waals surface area contributed by atoms with Crippen LogP contribution in [0.15, 0.2) is 29.3 Å². The second-order valence-electron chi connectivity index (χ2n) is 6.54. The van der Waals surface area contributed by atoms with Crippen LogP contribution in [0.3, 0.4) is 0 Å². The van der Waals surface area contributed by atoms with Gasteiger partial charge in [0.25, 0.3) is 0 Å². The number of ether oxygens (including phenoxy) is 2. The molecule has 1 aromatic rings. The van der Waals surface area contributed by atoms with Gasteiger partial charge in [0.2, 0.25) is 5.91 Å². The van der Waals surface area contributed by atoms with Crippen LogP contribution in [0.4, 0.5) is 5.69 Å². The molecule has 1 aliphatic heterocycles. The molecule has 1 aliphatic rings. The van der Waals surface area contributed by atoms with E-state index >= 15 is 0 Å². The number of rotatable bonds is 7. The standard InChI is InChI=1S/C20H30N4O4/c1-4-27-19(26)16-8-11-24(12-9-16)20(21-3)22-10-13-28-18-7-5-6-17(14-18)23-15(2)25/h5-7,14,16H,4,8-13H2,1-3H3,(H,21,22)(H,23,25). The number of amides is 1. The fourth-order valence-corrected chi connectivity index (χ4v) is 3.12. The van der Waals surface area contributed by atoms with Crippen molar-refractivity contribution in [2.24, 2.45) is 10.9 Å². The maximum Gasteiger partial charge on any atom is 0.309 e. The number of esters is 1. The Morgan fingerprint density at radius 3 is 2.68 bits per heavy atom. The van der Waals surface area contributed by atoms with Gasteiger partial charge in [-0.25, -0.2) is 0 Å². The van der Waals surface area contributed by atoms with Crippen molar-refractivity contribution in [2.45, 2.75) is 26.7 Å². The molecule has 0 aliphatic carbocycles. The van der Waals surface area contributed by atoms with Gasteiger partial charge >= 0.3 is 5.97 Å². The summed E-state index contributed by atoms with van der Waals surface area (Å²) in [5.74, 6) is 1.26. The fourth-order valence-electron chi connectivity index (χ4n) is 3.12. The third-order valence-electron chi connectivity index (χ3n) is 4.43. The Kier molecular flexibility index (Phi) is 8.58. The van der Waals surface area contributed by atoms with Crippen molar-refractivity contribution in [3.63, 3.8) is 0 Å². The van der Waals surface area contributed by atoms with Gasteiger partial charge in [-0.05, 0) is 31.9 Å². The molecule has 0 spiro atoms. The van der Waals surface area contributed by atoms with Crippen molar-refractivity contribution in [3.05, 3.63) is 24.3 Å². The molecule has 0 bridgehead atoms. The van der Waals surface area contributed by atoms with Gasteiger partial charge < -0.3 is 25.0 Å². The van der Waals surface area contributed by atoms with Gasteiger partial charge in [-0.15, -0.1) is 0 Å². The minimum Gasteiger partial charge on any atom is -0.492 e. The first-order valence-corrected chi connectivity index (χ1v) is 9.66. The number of anilines is 1. The van der Waals surface area contributed by atoms with Crippen molar-refractivity contribution in [1.29, 1.82) is 0 Å². The van der Waals surface area contributed by atoms with Crippen LogP contribution in [0.5, 0.6) is 5.75 Å². The van der Waals surface area contributed by atoms with Crippen molar-refractivity contribution in [1.82, 2.24) is 10.2 Å². The lowest BCUT2D eigenvalue weighted by Gasteiger charge is -2.33. The number of hydrogen-bond acceptors (Lipinski definition) is 5. The van der Waals surface area contributed by atoms with Crippen LogP contribution in [0.1, 0.15) is 26.7 Å². The molecule has 1 amide bonds. The van der Waals surface area contributed by atoms with Gasteiger partial charge in [0.15, 0.2) is 5.96 Å². The molecular formula is C20H30N4O4. The summed E-state index contributed by atoms with van der Waals surface area (Å²) in [4.78, 5) is 29.4. The van der Waals surface area contributed by atoms with Gasteiger partial charge in [0.1, 0.15) is 12.4 Å². The zero-order valence-electron chi connectivity index (χ0n) is 16.9. The monoisotopic (exact) mass is 390 g/mol. The van der Waals surface area contributed by atoms with Crippen molar-refractivity contribution < 1.29 is 19.1 Å². The van der Waals surface area contributed by atoms with Crippen LogP contribution >= 0.6 is 0 Å². The van der Waals surface area contributed by atoms with E-state index in [1.54, 1.807) is 13.1 Å². The van der Waals surface area contributed by atoms with Gasteiger partial charge in [-0.3, -0.25) is 14.6 Å². The number of piperidine rings is 1. The Morgan fingerprint density at radius 2 is 2.04 bits per heavy atom. The predicted molar refractivity (Wildman–Crippen MR) is 109 cm³/mol. The molecule has 0 atom stereocenters. The van der Waals surface area contributed by atoms with Gasteiger partial charge in [0, 0.05) is 38.8 Å². The largest absolute Gasteiger partial charge is 0.492 e. The Balaban J connectivity index is 1.73. The molecule has 0 radical (unpaired) electrons. The number of guanidine groups is 1. The lowest BCUT2D eigenvalue weighted by Crippen LogP contribution is -2.47. The topological polar surface area (TPSA) is 92.3 Å². The molecule has 8 nitrogen and oxygen atoms in total. The maximum atomic E-state index is 11.8. The summed E-state index contributed by atoms with van der Waals surface area (Å²) >= 11 is 0. The van der Waals surface area contributed by atoms with Crippen LogP contribution < -0.4 is 15.4 Å². The minimum atomic E-state index is -0.116. The second-order valence-corrected chi connectivity index (χ2v) is 6.54. The first-order chi connectivity index (χ1) is 13.5. The van der Waals surface area contributed by atoms with E-state index in [1.165, 1.54) is 6.92 Å². The molecular weight excluding hydrogens is 360 g/mol. The van der Waals surface area contributed by atoms with E-state index in [0.29, 0.717) is 31.2 Å². The number of carbonyl (C=O) groups is 2. The molecule has 1 fully saturated rings. The van der Waals surface area contributed by atoms with Gasteiger partial charge in [-0.2, -0.15) is 0 Å². The van der Waals surface area contributed by atoms with E-state index < -0.39 is 0 Å². The summed E-state index contributed by atoms with van der Waals surface area (Å²) in [5.41, 5.74) is 0.707. The van der Waals surface area contributed by atoms with E-state index in [-0.39, 0.29) is 17.8 Å². The Bertz CT molecular complexity index is 685.